The van der Waals surface area contributed by atoms with Crippen molar-refractivity contribution in [2.75, 3.05) is 4.90 Å². The second-order valence-corrected chi connectivity index (χ2v) is 7.67. The van der Waals surface area contributed by atoms with Crippen LogP contribution < -0.4 is 16.0 Å². The Morgan fingerprint density at radius 1 is 1.19 bits per heavy atom. The fourth-order valence-corrected chi connectivity index (χ4v) is 4.08. The largest absolute Gasteiger partial charge is 0.368 e. The zero-order valence-corrected chi connectivity index (χ0v) is 17.9. The first-order chi connectivity index (χ1) is 15.3. The molecule has 3 N–H and O–H groups in total. The number of aromatic nitrogens is 1. The Balaban J connectivity index is 1.84. The van der Waals surface area contributed by atoms with E-state index < -0.39 is 23.5 Å². The van der Waals surface area contributed by atoms with Gasteiger partial charge in [0.2, 0.25) is 5.91 Å². The zero-order chi connectivity index (χ0) is 23.0. The molecule has 4 rings (SSSR count). The highest BCUT2D eigenvalue weighted by Gasteiger charge is 2.34. The van der Waals surface area contributed by atoms with E-state index in [1.165, 1.54) is 30.3 Å². The molecule has 0 radical (unpaired) electrons. The minimum Gasteiger partial charge on any atom is -0.368 e. The van der Waals surface area contributed by atoms with Gasteiger partial charge in [-0.3, -0.25) is 24.6 Å². The lowest BCUT2D eigenvalue weighted by Crippen LogP contribution is -2.54. The first kappa shape index (κ1) is 21.4. The van der Waals surface area contributed by atoms with Gasteiger partial charge in [0.15, 0.2) is 5.11 Å². The summed E-state index contributed by atoms with van der Waals surface area (Å²) in [6.45, 7) is 1.96. The molecular formula is C23H19FN4O3S. The molecule has 2 heterocycles. The van der Waals surface area contributed by atoms with Crippen LogP contribution in [0.3, 0.4) is 0 Å². The van der Waals surface area contributed by atoms with Crippen LogP contribution in [0.1, 0.15) is 18.1 Å². The zero-order valence-electron chi connectivity index (χ0n) is 17.1. The molecule has 0 saturated carbocycles. The third-order valence-electron chi connectivity index (χ3n) is 5.21. The monoisotopic (exact) mass is 450 g/mol. The van der Waals surface area contributed by atoms with Crippen LogP contribution in [0.5, 0.6) is 0 Å². The third kappa shape index (κ3) is 3.78. The van der Waals surface area contributed by atoms with E-state index in [9.17, 15) is 18.8 Å². The van der Waals surface area contributed by atoms with E-state index >= 15 is 0 Å². The highest BCUT2D eigenvalue weighted by Crippen LogP contribution is 2.29. The van der Waals surface area contributed by atoms with Gasteiger partial charge in [0.25, 0.3) is 11.8 Å². The fraction of sp³-hybridized carbons (Fsp3) is 0.130. The number of hydrogen-bond donors (Lipinski definition) is 2. The molecule has 1 aliphatic heterocycles. The number of hydrogen-bond acceptors (Lipinski definition) is 4. The molecule has 3 aromatic rings. The number of nitrogens with zero attached hydrogens (tertiary/aromatic N) is 2. The summed E-state index contributed by atoms with van der Waals surface area (Å²) in [6, 6.07) is 10.9. The summed E-state index contributed by atoms with van der Waals surface area (Å²) >= 11 is 5.17. The van der Waals surface area contributed by atoms with Crippen molar-refractivity contribution in [3.05, 3.63) is 71.2 Å². The number of nitrogens with two attached hydrogens (primary N) is 1. The molecule has 9 heteroatoms. The lowest BCUT2D eigenvalue weighted by Gasteiger charge is -2.28. The molecule has 1 aliphatic rings. The number of benzene rings is 2. The van der Waals surface area contributed by atoms with E-state index in [-0.39, 0.29) is 17.2 Å². The maximum atomic E-state index is 13.3. The Hall–Kier alpha value is -3.85. The Morgan fingerprint density at radius 2 is 1.91 bits per heavy atom. The predicted octanol–water partition coefficient (Wildman–Crippen LogP) is 2.66. The van der Waals surface area contributed by atoms with Gasteiger partial charge in [0.1, 0.15) is 17.9 Å². The molecule has 0 aliphatic carbocycles. The molecule has 162 valence electrons. The van der Waals surface area contributed by atoms with Gasteiger partial charge in [-0.2, -0.15) is 0 Å². The molecule has 0 atom stereocenters. The molecule has 0 bridgehead atoms. The average Bonchev–Trinajstić information content (AvgIpc) is 3.09. The second-order valence-electron chi connectivity index (χ2n) is 7.28. The Bertz CT molecular complexity index is 1310. The number of para-hydroxylation sites is 1. The van der Waals surface area contributed by atoms with Crippen LogP contribution in [0.2, 0.25) is 0 Å². The molecule has 2 aromatic carbocycles. The van der Waals surface area contributed by atoms with Gasteiger partial charge in [-0.1, -0.05) is 25.1 Å². The number of halogens is 1. The molecule has 1 saturated heterocycles. The Morgan fingerprint density at radius 3 is 2.56 bits per heavy atom. The SMILES string of the molecule is CCc1cccc2c(/C=C3\C(=O)NC(=S)N(c4ccc(F)cc4)C3=O)cn(CC(N)=O)c12. The summed E-state index contributed by atoms with van der Waals surface area (Å²) in [5.74, 6) is -2.24. The van der Waals surface area contributed by atoms with Gasteiger partial charge in [-0.05, 0) is 54.5 Å². The summed E-state index contributed by atoms with van der Waals surface area (Å²) in [5, 5.41) is 3.20. The molecule has 0 spiro atoms. The maximum Gasteiger partial charge on any atom is 0.270 e. The van der Waals surface area contributed by atoms with Crippen LogP contribution in [0.4, 0.5) is 10.1 Å². The van der Waals surface area contributed by atoms with Crippen molar-refractivity contribution in [1.82, 2.24) is 9.88 Å². The quantitative estimate of drug-likeness (QED) is 0.355. The number of rotatable bonds is 5. The summed E-state index contributed by atoms with van der Waals surface area (Å²) in [4.78, 5) is 38.6. The van der Waals surface area contributed by atoms with Crippen molar-refractivity contribution >= 4 is 57.7 Å². The van der Waals surface area contributed by atoms with Gasteiger partial charge in [0, 0.05) is 17.1 Å². The molecule has 32 heavy (non-hydrogen) atoms. The number of primary amides is 1. The summed E-state index contributed by atoms with van der Waals surface area (Å²) in [5.41, 5.74) is 8.01. The minimum absolute atomic E-state index is 0.0391. The molecular weight excluding hydrogens is 431 g/mol. The van der Waals surface area contributed by atoms with Crippen molar-refractivity contribution in [2.45, 2.75) is 19.9 Å². The lowest BCUT2D eigenvalue weighted by molar-refractivity contribution is -0.122. The van der Waals surface area contributed by atoms with Crippen LogP contribution in [-0.2, 0) is 27.3 Å². The number of carbonyl (C=O) groups excluding carboxylic acids is 3. The summed E-state index contributed by atoms with van der Waals surface area (Å²) in [7, 11) is 0. The van der Waals surface area contributed by atoms with Crippen LogP contribution in [0.15, 0.2) is 54.2 Å². The molecule has 0 unspecified atom stereocenters. The van der Waals surface area contributed by atoms with Gasteiger partial charge in [0.05, 0.1) is 11.2 Å². The van der Waals surface area contributed by atoms with Crippen molar-refractivity contribution in [3.8, 4) is 0 Å². The van der Waals surface area contributed by atoms with E-state index in [0.717, 1.165) is 27.8 Å². The van der Waals surface area contributed by atoms with E-state index in [1.807, 2.05) is 25.1 Å². The number of amides is 3. The topological polar surface area (TPSA) is 97.4 Å². The van der Waals surface area contributed by atoms with E-state index in [4.69, 9.17) is 18.0 Å². The van der Waals surface area contributed by atoms with Crippen molar-refractivity contribution in [1.29, 1.82) is 0 Å². The number of carbonyl (C=O) groups is 3. The van der Waals surface area contributed by atoms with Crippen molar-refractivity contribution in [2.24, 2.45) is 5.73 Å². The summed E-state index contributed by atoms with van der Waals surface area (Å²) in [6.07, 6.45) is 3.88. The van der Waals surface area contributed by atoms with Gasteiger partial charge >= 0.3 is 0 Å². The van der Waals surface area contributed by atoms with Gasteiger partial charge < -0.3 is 10.3 Å². The standard InChI is InChI=1S/C23H19FN4O3S/c1-2-13-4-3-5-17-14(11-27(20(13)17)12-19(25)29)10-18-21(30)26-23(32)28(22(18)31)16-8-6-15(24)7-9-16/h3-11H,2,12H2,1H3,(H2,25,29)(H,26,30,32)/b18-10+. The average molecular weight is 450 g/mol. The van der Waals surface area contributed by atoms with Crippen LogP contribution in [0.25, 0.3) is 17.0 Å². The number of thiocarbonyl (C=S) groups is 1. The van der Waals surface area contributed by atoms with Gasteiger partial charge in [-0.15, -0.1) is 0 Å². The number of aryl methyl sites for hydroxylation is 1. The number of anilines is 1. The first-order valence-electron chi connectivity index (χ1n) is 9.86. The maximum absolute atomic E-state index is 13.3. The highest BCUT2D eigenvalue weighted by molar-refractivity contribution is 7.80. The van der Waals surface area contributed by atoms with Crippen molar-refractivity contribution < 1.29 is 18.8 Å². The minimum atomic E-state index is -0.638. The van der Waals surface area contributed by atoms with Crippen LogP contribution >= 0.6 is 12.2 Å². The molecule has 3 amide bonds. The second kappa shape index (κ2) is 8.35. The Kier molecular flexibility index (Phi) is 5.58. The smallest absolute Gasteiger partial charge is 0.270 e. The van der Waals surface area contributed by atoms with E-state index in [2.05, 4.69) is 5.32 Å². The normalized spacial score (nSPS) is 15.5. The molecule has 1 aromatic heterocycles. The van der Waals surface area contributed by atoms with E-state index in [1.54, 1.807) is 10.8 Å². The first-order valence-corrected chi connectivity index (χ1v) is 10.3. The third-order valence-corrected chi connectivity index (χ3v) is 5.49. The summed E-state index contributed by atoms with van der Waals surface area (Å²) < 4.78 is 15.0. The van der Waals surface area contributed by atoms with Crippen LogP contribution in [-0.4, -0.2) is 27.4 Å². The fourth-order valence-electron chi connectivity index (χ4n) is 3.80. The van der Waals surface area contributed by atoms with Crippen molar-refractivity contribution in [3.63, 3.8) is 0 Å². The number of nitrogens with one attached hydrogen (secondary N) is 1. The molecule has 7 nitrogen and oxygen atoms in total. The number of fused-ring (bicyclic) bond motifs is 1. The highest BCUT2D eigenvalue weighted by atomic mass is 32.1. The lowest BCUT2D eigenvalue weighted by atomic mass is 10.0. The predicted molar refractivity (Wildman–Crippen MR) is 123 cm³/mol. The van der Waals surface area contributed by atoms with Crippen LogP contribution in [0, 0.1) is 5.82 Å². The molecule has 1 fully saturated rings. The Labute approximate surface area is 188 Å². The van der Waals surface area contributed by atoms with Gasteiger partial charge in [-0.25, -0.2) is 4.39 Å². The van der Waals surface area contributed by atoms with E-state index in [0.29, 0.717) is 11.3 Å².